The third kappa shape index (κ3) is 2.67. The van der Waals surface area contributed by atoms with Gasteiger partial charge in [0.1, 0.15) is 0 Å². The lowest BCUT2D eigenvalue weighted by Crippen LogP contribution is -2.48. The predicted molar refractivity (Wildman–Crippen MR) is 68.9 cm³/mol. The van der Waals surface area contributed by atoms with Gasteiger partial charge in [0.2, 0.25) is 0 Å². The molecular formula is C14H20N2O. The summed E-state index contributed by atoms with van der Waals surface area (Å²) in [7, 11) is 0. The van der Waals surface area contributed by atoms with E-state index in [-0.39, 0.29) is 18.0 Å². The van der Waals surface area contributed by atoms with Crippen LogP contribution in [0.4, 0.5) is 0 Å². The van der Waals surface area contributed by atoms with Crippen molar-refractivity contribution in [3.8, 4) is 0 Å². The number of amides is 1. The first-order valence-corrected chi connectivity index (χ1v) is 6.21. The van der Waals surface area contributed by atoms with Crippen molar-refractivity contribution in [2.24, 2.45) is 5.73 Å². The SMILES string of the molecule is Cc1cccc(C(=O)N2CCC(N)CC2C)c1. The molecule has 0 aromatic heterocycles. The van der Waals surface area contributed by atoms with E-state index in [4.69, 9.17) is 5.73 Å². The number of carbonyl (C=O) groups is 1. The molecule has 17 heavy (non-hydrogen) atoms. The Labute approximate surface area is 103 Å². The Kier molecular flexibility index (Phi) is 3.48. The Morgan fingerprint density at radius 2 is 2.24 bits per heavy atom. The summed E-state index contributed by atoms with van der Waals surface area (Å²) in [6, 6.07) is 8.26. The second-order valence-corrected chi connectivity index (χ2v) is 5.00. The van der Waals surface area contributed by atoms with Gasteiger partial charge in [-0.2, -0.15) is 0 Å². The molecule has 1 aromatic carbocycles. The molecule has 3 heteroatoms. The van der Waals surface area contributed by atoms with Crippen molar-refractivity contribution in [2.45, 2.75) is 38.8 Å². The van der Waals surface area contributed by atoms with Crippen LogP contribution in [0.15, 0.2) is 24.3 Å². The molecule has 1 saturated heterocycles. The first-order chi connectivity index (χ1) is 8.08. The minimum Gasteiger partial charge on any atom is -0.336 e. The van der Waals surface area contributed by atoms with Gasteiger partial charge < -0.3 is 10.6 Å². The van der Waals surface area contributed by atoms with E-state index in [0.29, 0.717) is 0 Å². The van der Waals surface area contributed by atoms with Crippen LogP contribution in [0.2, 0.25) is 0 Å². The Hall–Kier alpha value is -1.35. The maximum Gasteiger partial charge on any atom is 0.254 e. The predicted octanol–water partition coefficient (Wildman–Crippen LogP) is 1.95. The van der Waals surface area contributed by atoms with Crippen molar-refractivity contribution in [1.82, 2.24) is 4.90 Å². The molecule has 1 heterocycles. The number of hydrogen-bond donors (Lipinski definition) is 1. The van der Waals surface area contributed by atoms with Gasteiger partial charge in [0.15, 0.2) is 0 Å². The Morgan fingerprint density at radius 3 is 2.88 bits per heavy atom. The fraction of sp³-hybridized carbons (Fsp3) is 0.500. The van der Waals surface area contributed by atoms with Crippen molar-refractivity contribution < 1.29 is 4.79 Å². The molecular weight excluding hydrogens is 212 g/mol. The van der Waals surface area contributed by atoms with Gasteiger partial charge in [0.25, 0.3) is 5.91 Å². The smallest absolute Gasteiger partial charge is 0.254 e. The number of likely N-dealkylation sites (tertiary alicyclic amines) is 1. The second kappa shape index (κ2) is 4.88. The molecule has 2 rings (SSSR count). The topological polar surface area (TPSA) is 46.3 Å². The van der Waals surface area contributed by atoms with Crippen LogP contribution in [0.3, 0.4) is 0 Å². The molecule has 3 nitrogen and oxygen atoms in total. The second-order valence-electron chi connectivity index (χ2n) is 5.00. The summed E-state index contributed by atoms with van der Waals surface area (Å²) >= 11 is 0. The number of piperidine rings is 1. The Bertz CT molecular complexity index is 416. The summed E-state index contributed by atoms with van der Waals surface area (Å²) in [6.45, 7) is 4.86. The molecule has 92 valence electrons. The summed E-state index contributed by atoms with van der Waals surface area (Å²) in [6.07, 6.45) is 1.81. The number of benzene rings is 1. The normalized spacial score (nSPS) is 24.8. The van der Waals surface area contributed by atoms with Gasteiger partial charge >= 0.3 is 0 Å². The molecule has 1 fully saturated rings. The van der Waals surface area contributed by atoms with Gasteiger partial charge in [0.05, 0.1) is 0 Å². The van der Waals surface area contributed by atoms with E-state index >= 15 is 0 Å². The van der Waals surface area contributed by atoms with Crippen LogP contribution in [0.25, 0.3) is 0 Å². The summed E-state index contributed by atoms with van der Waals surface area (Å²) in [5, 5.41) is 0. The average Bonchev–Trinajstić information content (AvgIpc) is 2.28. The van der Waals surface area contributed by atoms with E-state index in [9.17, 15) is 4.79 Å². The van der Waals surface area contributed by atoms with Crippen LogP contribution in [-0.4, -0.2) is 29.4 Å². The summed E-state index contributed by atoms with van der Waals surface area (Å²) in [5.74, 6) is 0.133. The highest BCUT2D eigenvalue weighted by atomic mass is 16.2. The highest BCUT2D eigenvalue weighted by molar-refractivity contribution is 5.94. The lowest BCUT2D eigenvalue weighted by atomic mass is 9.98. The van der Waals surface area contributed by atoms with Crippen molar-refractivity contribution in [1.29, 1.82) is 0 Å². The fourth-order valence-electron chi connectivity index (χ4n) is 2.45. The third-order valence-electron chi connectivity index (χ3n) is 3.44. The van der Waals surface area contributed by atoms with Gasteiger partial charge in [-0.1, -0.05) is 17.7 Å². The van der Waals surface area contributed by atoms with Gasteiger partial charge in [-0.25, -0.2) is 0 Å². The minimum atomic E-state index is 0.133. The molecule has 2 atom stereocenters. The zero-order chi connectivity index (χ0) is 12.4. The summed E-state index contributed by atoms with van der Waals surface area (Å²) < 4.78 is 0. The van der Waals surface area contributed by atoms with Crippen molar-refractivity contribution in [3.05, 3.63) is 35.4 Å². The van der Waals surface area contributed by atoms with Crippen molar-refractivity contribution >= 4 is 5.91 Å². The van der Waals surface area contributed by atoms with E-state index in [0.717, 1.165) is 30.5 Å². The molecule has 1 aliphatic rings. The zero-order valence-corrected chi connectivity index (χ0v) is 10.5. The number of hydrogen-bond acceptors (Lipinski definition) is 2. The first kappa shape index (κ1) is 12.1. The average molecular weight is 232 g/mol. The first-order valence-electron chi connectivity index (χ1n) is 6.21. The maximum atomic E-state index is 12.4. The van der Waals surface area contributed by atoms with Crippen LogP contribution >= 0.6 is 0 Å². The number of rotatable bonds is 1. The highest BCUT2D eigenvalue weighted by Gasteiger charge is 2.27. The molecule has 0 bridgehead atoms. The number of nitrogens with two attached hydrogens (primary N) is 1. The number of nitrogens with zero attached hydrogens (tertiary/aromatic N) is 1. The molecule has 2 unspecified atom stereocenters. The standard InChI is InChI=1S/C14H20N2O/c1-10-4-3-5-12(8-10)14(17)16-7-6-13(15)9-11(16)2/h3-5,8,11,13H,6-7,9,15H2,1-2H3. The zero-order valence-electron chi connectivity index (χ0n) is 10.5. The van der Waals surface area contributed by atoms with Crippen LogP contribution in [0.1, 0.15) is 35.7 Å². The monoisotopic (exact) mass is 232 g/mol. The van der Waals surface area contributed by atoms with E-state index in [2.05, 4.69) is 6.92 Å². The summed E-state index contributed by atoms with van der Waals surface area (Å²) in [5.41, 5.74) is 7.82. The Balaban J connectivity index is 2.15. The van der Waals surface area contributed by atoms with Crippen LogP contribution in [0, 0.1) is 6.92 Å². The molecule has 0 radical (unpaired) electrons. The van der Waals surface area contributed by atoms with Gasteiger partial charge in [0, 0.05) is 24.2 Å². The van der Waals surface area contributed by atoms with Crippen LogP contribution in [0.5, 0.6) is 0 Å². The maximum absolute atomic E-state index is 12.4. The fourth-order valence-corrected chi connectivity index (χ4v) is 2.45. The van der Waals surface area contributed by atoms with Gasteiger partial charge in [-0.05, 0) is 38.8 Å². The van der Waals surface area contributed by atoms with Crippen LogP contribution in [-0.2, 0) is 0 Å². The van der Waals surface area contributed by atoms with Crippen LogP contribution < -0.4 is 5.73 Å². The largest absolute Gasteiger partial charge is 0.336 e. The molecule has 1 aliphatic heterocycles. The number of carbonyl (C=O) groups excluding carboxylic acids is 1. The highest BCUT2D eigenvalue weighted by Crippen LogP contribution is 2.19. The van der Waals surface area contributed by atoms with Crippen molar-refractivity contribution in [3.63, 3.8) is 0 Å². The van der Waals surface area contributed by atoms with E-state index in [1.54, 1.807) is 0 Å². The number of aryl methyl sites for hydroxylation is 1. The molecule has 0 saturated carbocycles. The van der Waals surface area contributed by atoms with E-state index in [1.165, 1.54) is 0 Å². The summed E-state index contributed by atoms with van der Waals surface area (Å²) in [4.78, 5) is 14.3. The molecule has 2 N–H and O–H groups in total. The van der Waals surface area contributed by atoms with Crippen molar-refractivity contribution in [2.75, 3.05) is 6.54 Å². The quantitative estimate of drug-likeness (QED) is 0.804. The lowest BCUT2D eigenvalue weighted by Gasteiger charge is -2.36. The third-order valence-corrected chi connectivity index (χ3v) is 3.44. The van der Waals surface area contributed by atoms with E-state index in [1.807, 2.05) is 36.1 Å². The minimum absolute atomic E-state index is 0.133. The lowest BCUT2D eigenvalue weighted by molar-refractivity contribution is 0.0619. The molecule has 0 spiro atoms. The molecule has 1 amide bonds. The van der Waals surface area contributed by atoms with E-state index < -0.39 is 0 Å². The Morgan fingerprint density at radius 1 is 1.47 bits per heavy atom. The molecule has 1 aromatic rings. The van der Waals surface area contributed by atoms with Gasteiger partial charge in [-0.15, -0.1) is 0 Å². The molecule has 0 aliphatic carbocycles. The van der Waals surface area contributed by atoms with Gasteiger partial charge in [-0.3, -0.25) is 4.79 Å².